The van der Waals surface area contributed by atoms with E-state index in [1.54, 1.807) is 4.90 Å². The molecule has 7 heteroatoms. The summed E-state index contributed by atoms with van der Waals surface area (Å²) >= 11 is 0. The number of nitrogens with one attached hydrogen (secondary N) is 1. The first kappa shape index (κ1) is 18.6. The first-order valence-electron chi connectivity index (χ1n) is 9.31. The molecule has 3 aliphatic rings. The lowest BCUT2D eigenvalue weighted by atomic mass is 10.0. The summed E-state index contributed by atoms with van der Waals surface area (Å²) in [7, 11) is 2.00. The number of nitrogens with zero attached hydrogens (tertiary/aromatic N) is 3. The Hall–Kier alpha value is -2.18. The molecule has 3 heterocycles. The smallest absolute Gasteiger partial charge is 0.410 e. The highest BCUT2D eigenvalue weighted by molar-refractivity contribution is 5.84. The van der Waals surface area contributed by atoms with E-state index < -0.39 is 5.60 Å². The van der Waals surface area contributed by atoms with Gasteiger partial charge >= 0.3 is 6.09 Å². The zero-order chi connectivity index (χ0) is 19.1. The van der Waals surface area contributed by atoms with Crippen LogP contribution >= 0.6 is 0 Å². The Kier molecular flexibility index (Phi) is 4.90. The van der Waals surface area contributed by atoms with Crippen molar-refractivity contribution in [1.82, 2.24) is 20.0 Å². The van der Waals surface area contributed by atoms with Crippen molar-refractivity contribution in [3.05, 3.63) is 24.6 Å². The van der Waals surface area contributed by atoms with Gasteiger partial charge in [0.05, 0.1) is 11.9 Å². The van der Waals surface area contributed by atoms with Gasteiger partial charge in [0.25, 0.3) is 0 Å². The van der Waals surface area contributed by atoms with Crippen molar-refractivity contribution in [2.45, 2.75) is 57.3 Å². The maximum Gasteiger partial charge on any atom is 0.410 e. The molecule has 0 aromatic rings. The maximum absolute atomic E-state index is 12.7. The largest absolute Gasteiger partial charge is 0.444 e. The molecule has 1 N–H and O–H groups in total. The highest BCUT2D eigenvalue weighted by atomic mass is 16.6. The summed E-state index contributed by atoms with van der Waals surface area (Å²) in [6.45, 7) is 11.7. The summed E-state index contributed by atoms with van der Waals surface area (Å²) in [4.78, 5) is 30.7. The number of fused-ring (bicyclic) bond motifs is 2. The molecule has 0 spiro atoms. The minimum Gasteiger partial charge on any atom is -0.444 e. The second-order valence-corrected chi connectivity index (χ2v) is 8.33. The first-order chi connectivity index (χ1) is 12.2. The Morgan fingerprint density at radius 3 is 2.50 bits per heavy atom. The molecule has 2 fully saturated rings. The van der Waals surface area contributed by atoms with Gasteiger partial charge in [0.1, 0.15) is 11.6 Å². The molecular formula is C19H30N4O3. The standard InChI is InChI=1S/C19H30N4O3/c1-13-21(5)15-6-7-16(23(13)12-15)17(24)20-14-8-10-22(11-9-14)18(25)26-19(2,3)4/h6-7,14-16H,1,8-12H2,2-5H3,(H,20,24). The van der Waals surface area contributed by atoms with Crippen LogP contribution in [0.25, 0.3) is 0 Å². The number of hydrogen-bond acceptors (Lipinski definition) is 5. The van der Waals surface area contributed by atoms with E-state index in [1.165, 1.54) is 0 Å². The Labute approximate surface area is 155 Å². The Morgan fingerprint density at radius 2 is 1.88 bits per heavy atom. The summed E-state index contributed by atoms with van der Waals surface area (Å²) in [6, 6.07) is 0.0945. The fourth-order valence-electron chi connectivity index (χ4n) is 3.67. The third-order valence-corrected chi connectivity index (χ3v) is 5.23. The Balaban J connectivity index is 1.50. The molecule has 0 aromatic heterocycles. The zero-order valence-corrected chi connectivity index (χ0v) is 16.2. The molecule has 2 bridgehead atoms. The van der Waals surface area contributed by atoms with Crippen LogP contribution in [0.5, 0.6) is 0 Å². The number of rotatable bonds is 2. The van der Waals surface area contributed by atoms with Gasteiger partial charge < -0.3 is 24.8 Å². The monoisotopic (exact) mass is 362 g/mol. The van der Waals surface area contributed by atoms with Crippen LogP contribution in [0.2, 0.25) is 0 Å². The molecule has 2 saturated heterocycles. The molecule has 7 nitrogen and oxygen atoms in total. The van der Waals surface area contributed by atoms with Gasteiger partial charge in [-0.3, -0.25) is 4.79 Å². The van der Waals surface area contributed by atoms with Crippen LogP contribution in [-0.2, 0) is 9.53 Å². The van der Waals surface area contributed by atoms with Crippen LogP contribution in [0.3, 0.4) is 0 Å². The second-order valence-electron chi connectivity index (χ2n) is 8.33. The summed E-state index contributed by atoms with van der Waals surface area (Å²) in [5.41, 5.74) is -0.487. The number of piperidine rings is 1. The third kappa shape index (κ3) is 3.81. The number of likely N-dealkylation sites (tertiary alicyclic amines) is 1. The van der Waals surface area contributed by atoms with Gasteiger partial charge in [0, 0.05) is 32.7 Å². The minimum absolute atomic E-state index is 0.00636. The van der Waals surface area contributed by atoms with E-state index in [0.29, 0.717) is 19.1 Å². The molecule has 0 aromatic carbocycles. The number of ether oxygens (including phenoxy) is 1. The summed E-state index contributed by atoms with van der Waals surface area (Å²) in [6.07, 6.45) is 5.26. The molecule has 26 heavy (non-hydrogen) atoms. The van der Waals surface area contributed by atoms with Gasteiger partial charge in [0.15, 0.2) is 0 Å². The predicted molar refractivity (Wildman–Crippen MR) is 99.3 cm³/mol. The molecular weight excluding hydrogens is 332 g/mol. The third-order valence-electron chi connectivity index (χ3n) is 5.23. The van der Waals surface area contributed by atoms with E-state index in [2.05, 4.69) is 27.8 Å². The fraction of sp³-hybridized carbons (Fsp3) is 0.684. The van der Waals surface area contributed by atoms with Crippen molar-refractivity contribution in [2.24, 2.45) is 0 Å². The summed E-state index contributed by atoms with van der Waals surface area (Å²) in [5, 5.41) is 3.14. The van der Waals surface area contributed by atoms with Crippen molar-refractivity contribution in [3.8, 4) is 0 Å². The number of amides is 2. The Morgan fingerprint density at radius 1 is 1.23 bits per heavy atom. The van der Waals surface area contributed by atoms with Crippen molar-refractivity contribution >= 4 is 12.0 Å². The van der Waals surface area contributed by atoms with Crippen molar-refractivity contribution < 1.29 is 14.3 Å². The fourth-order valence-corrected chi connectivity index (χ4v) is 3.67. The van der Waals surface area contributed by atoms with E-state index in [0.717, 1.165) is 25.2 Å². The average molecular weight is 362 g/mol. The van der Waals surface area contributed by atoms with Gasteiger partial charge in [-0.15, -0.1) is 0 Å². The lowest BCUT2D eigenvalue weighted by Gasteiger charge is -2.35. The van der Waals surface area contributed by atoms with E-state index in [9.17, 15) is 9.59 Å². The van der Waals surface area contributed by atoms with Gasteiger partial charge in [-0.05, 0) is 33.6 Å². The zero-order valence-electron chi connectivity index (χ0n) is 16.2. The van der Waals surface area contributed by atoms with Crippen LogP contribution in [0.15, 0.2) is 24.6 Å². The van der Waals surface area contributed by atoms with Crippen LogP contribution in [0.4, 0.5) is 4.79 Å². The molecule has 0 aliphatic carbocycles. The molecule has 3 aliphatic heterocycles. The van der Waals surface area contributed by atoms with Crippen LogP contribution in [0.1, 0.15) is 33.6 Å². The topological polar surface area (TPSA) is 65.1 Å². The average Bonchev–Trinajstić information content (AvgIpc) is 2.78. The van der Waals surface area contributed by atoms with Crippen molar-refractivity contribution in [2.75, 3.05) is 26.7 Å². The molecule has 144 valence electrons. The quantitative estimate of drug-likeness (QED) is 0.755. The lowest BCUT2D eigenvalue weighted by Crippen LogP contribution is -2.52. The molecule has 2 unspecified atom stereocenters. The molecule has 3 rings (SSSR count). The number of carbonyl (C=O) groups is 2. The minimum atomic E-state index is -0.487. The van der Waals surface area contributed by atoms with Gasteiger partial charge in [-0.1, -0.05) is 18.7 Å². The first-order valence-corrected chi connectivity index (χ1v) is 9.31. The number of hydrogen-bond donors (Lipinski definition) is 1. The number of carbonyl (C=O) groups excluding carboxylic acids is 2. The summed E-state index contributed by atoms with van der Waals surface area (Å²) in [5.74, 6) is 0.895. The van der Waals surface area contributed by atoms with Gasteiger partial charge in [-0.2, -0.15) is 0 Å². The normalized spacial score (nSPS) is 26.3. The molecule has 0 saturated carbocycles. The SMILES string of the molecule is C=C1N(C)C2C=CC(C(=O)NC3CCN(C(=O)OC(C)(C)C)CC3)N1C2. The van der Waals surface area contributed by atoms with Crippen molar-refractivity contribution in [1.29, 1.82) is 0 Å². The van der Waals surface area contributed by atoms with E-state index in [4.69, 9.17) is 4.74 Å². The lowest BCUT2D eigenvalue weighted by molar-refractivity contribution is -0.125. The second kappa shape index (κ2) is 6.85. The molecule has 2 amide bonds. The predicted octanol–water partition coefficient (Wildman–Crippen LogP) is 1.53. The molecule has 0 radical (unpaired) electrons. The number of likely N-dealkylation sites (N-methyl/N-ethyl adjacent to an activating group) is 1. The molecule has 2 atom stereocenters. The van der Waals surface area contributed by atoms with E-state index in [1.807, 2.05) is 33.9 Å². The van der Waals surface area contributed by atoms with Gasteiger partial charge in [0.2, 0.25) is 5.91 Å². The van der Waals surface area contributed by atoms with Crippen molar-refractivity contribution in [3.63, 3.8) is 0 Å². The van der Waals surface area contributed by atoms with Crippen LogP contribution in [0, 0.1) is 0 Å². The van der Waals surface area contributed by atoms with E-state index >= 15 is 0 Å². The Bertz CT molecular complexity index is 617. The van der Waals surface area contributed by atoms with Crippen LogP contribution < -0.4 is 5.32 Å². The van der Waals surface area contributed by atoms with Crippen LogP contribution in [-0.4, -0.2) is 77.1 Å². The van der Waals surface area contributed by atoms with Gasteiger partial charge in [-0.25, -0.2) is 4.79 Å². The highest BCUT2D eigenvalue weighted by Crippen LogP contribution is 2.29. The van der Waals surface area contributed by atoms with E-state index in [-0.39, 0.29) is 24.1 Å². The summed E-state index contributed by atoms with van der Waals surface area (Å²) < 4.78 is 5.41. The maximum atomic E-state index is 12.7. The highest BCUT2D eigenvalue weighted by Gasteiger charge is 2.39.